The molecule has 1 amide bonds. The van der Waals surface area contributed by atoms with E-state index in [9.17, 15) is 9.59 Å². The van der Waals surface area contributed by atoms with Crippen LogP contribution in [0.3, 0.4) is 0 Å². The lowest BCUT2D eigenvalue weighted by molar-refractivity contribution is -0.156. The molecule has 5 rings (SSSR count). The van der Waals surface area contributed by atoms with Crippen LogP contribution in [0.25, 0.3) is 11.4 Å². The summed E-state index contributed by atoms with van der Waals surface area (Å²) >= 11 is 0. The van der Waals surface area contributed by atoms with Gasteiger partial charge in [0.25, 0.3) is 5.91 Å². The molecule has 3 N–H and O–H groups in total. The monoisotopic (exact) mass is 559 g/mol. The van der Waals surface area contributed by atoms with Gasteiger partial charge in [0.15, 0.2) is 5.69 Å². The first-order valence-corrected chi connectivity index (χ1v) is 14.3. The number of amides is 1. The van der Waals surface area contributed by atoms with Gasteiger partial charge in [-0.05, 0) is 87.7 Å². The van der Waals surface area contributed by atoms with Gasteiger partial charge in [-0.3, -0.25) is 19.2 Å². The van der Waals surface area contributed by atoms with Crippen molar-refractivity contribution in [1.82, 2.24) is 24.6 Å². The Balaban J connectivity index is 1.25. The smallest absolute Gasteiger partial charge is 0.306 e. The van der Waals surface area contributed by atoms with E-state index in [2.05, 4.69) is 45.2 Å². The van der Waals surface area contributed by atoms with Crippen molar-refractivity contribution in [2.75, 3.05) is 24.1 Å². The maximum Gasteiger partial charge on any atom is 0.306 e. The number of anilines is 2. The molecule has 10 heteroatoms. The number of nitrogens with two attached hydrogens (primary N) is 1. The first-order chi connectivity index (χ1) is 19.3. The number of rotatable bonds is 6. The van der Waals surface area contributed by atoms with Crippen molar-refractivity contribution in [3.05, 3.63) is 52.8 Å². The Bertz CT molecular complexity index is 1460. The molecule has 1 aliphatic carbocycles. The van der Waals surface area contributed by atoms with Crippen molar-refractivity contribution in [3.63, 3.8) is 0 Å². The van der Waals surface area contributed by atoms with Gasteiger partial charge in [0.2, 0.25) is 5.95 Å². The molecule has 1 aliphatic heterocycles. The zero-order chi connectivity index (χ0) is 29.5. The highest BCUT2D eigenvalue weighted by Gasteiger charge is 2.39. The summed E-state index contributed by atoms with van der Waals surface area (Å²) in [6.07, 6.45) is 4.87. The predicted molar refractivity (Wildman–Crippen MR) is 158 cm³/mol. The number of nitrogens with one attached hydrogen (secondary N) is 1. The molecule has 10 nitrogen and oxygen atoms in total. The SMILES string of the molecule is Cn1nc(C(=O)Nc2cccc(CN3CCC(CC(=O)OC(C)(C)C)CC3)c2)c2c1-c1nc(N)ncc1CC2(C)C. The van der Waals surface area contributed by atoms with Crippen molar-refractivity contribution >= 4 is 23.5 Å². The molecule has 218 valence electrons. The van der Waals surface area contributed by atoms with Gasteiger partial charge in [-0.15, -0.1) is 0 Å². The summed E-state index contributed by atoms with van der Waals surface area (Å²) < 4.78 is 7.22. The number of hydrogen-bond acceptors (Lipinski definition) is 8. The van der Waals surface area contributed by atoms with Crippen molar-refractivity contribution in [3.8, 4) is 11.4 Å². The fourth-order valence-corrected chi connectivity index (χ4v) is 6.08. The maximum absolute atomic E-state index is 13.6. The Morgan fingerprint density at radius 2 is 1.93 bits per heavy atom. The maximum atomic E-state index is 13.6. The van der Waals surface area contributed by atoms with Crippen LogP contribution in [0.4, 0.5) is 11.6 Å². The van der Waals surface area contributed by atoms with Gasteiger partial charge in [-0.1, -0.05) is 26.0 Å². The quantitative estimate of drug-likeness (QED) is 0.423. The molecule has 1 aromatic carbocycles. The molecule has 3 aromatic rings. The van der Waals surface area contributed by atoms with Crippen LogP contribution in [-0.4, -0.2) is 55.2 Å². The number of carbonyl (C=O) groups excluding carboxylic acids is 2. The zero-order valence-electron chi connectivity index (χ0n) is 25.0. The Morgan fingerprint density at radius 3 is 2.63 bits per heavy atom. The van der Waals surface area contributed by atoms with Gasteiger partial charge in [0, 0.05) is 37.5 Å². The summed E-state index contributed by atoms with van der Waals surface area (Å²) in [5.41, 5.74) is 10.8. The molecule has 2 aliphatic rings. The van der Waals surface area contributed by atoms with Crippen LogP contribution < -0.4 is 11.1 Å². The normalized spacial score (nSPS) is 17.0. The number of benzene rings is 1. The molecular weight excluding hydrogens is 518 g/mol. The van der Waals surface area contributed by atoms with Crippen LogP contribution in [-0.2, 0) is 35.0 Å². The summed E-state index contributed by atoms with van der Waals surface area (Å²) in [5.74, 6) is 0.194. The summed E-state index contributed by atoms with van der Waals surface area (Å²) in [6, 6.07) is 7.97. The lowest BCUT2D eigenvalue weighted by Crippen LogP contribution is -2.34. The van der Waals surface area contributed by atoms with Crippen LogP contribution in [0.1, 0.15) is 81.1 Å². The number of carbonyl (C=O) groups is 2. The fraction of sp³-hybridized carbons (Fsp3) is 0.516. The highest BCUT2D eigenvalue weighted by molar-refractivity contribution is 6.05. The van der Waals surface area contributed by atoms with Gasteiger partial charge in [0.1, 0.15) is 5.60 Å². The third kappa shape index (κ3) is 6.43. The number of ether oxygens (including phenoxy) is 1. The molecule has 1 saturated heterocycles. The lowest BCUT2D eigenvalue weighted by Gasteiger charge is -2.32. The average molecular weight is 560 g/mol. The second kappa shape index (κ2) is 10.9. The van der Waals surface area contributed by atoms with Gasteiger partial charge >= 0.3 is 5.97 Å². The Labute approximate surface area is 241 Å². The molecule has 41 heavy (non-hydrogen) atoms. The van der Waals surface area contributed by atoms with Gasteiger partial charge in [-0.2, -0.15) is 5.10 Å². The Hall–Kier alpha value is -3.79. The molecule has 1 fully saturated rings. The number of aromatic nitrogens is 4. The summed E-state index contributed by atoms with van der Waals surface area (Å²) in [6.45, 7) is 12.6. The lowest BCUT2D eigenvalue weighted by atomic mass is 9.73. The molecule has 0 atom stereocenters. The minimum absolute atomic E-state index is 0.112. The minimum atomic E-state index is -0.445. The van der Waals surface area contributed by atoms with Gasteiger partial charge in [0.05, 0.1) is 11.4 Å². The molecule has 0 unspecified atom stereocenters. The van der Waals surface area contributed by atoms with E-state index in [0.29, 0.717) is 24.5 Å². The highest BCUT2D eigenvalue weighted by Crippen LogP contribution is 2.43. The number of hydrogen-bond donors (Lipinski definition) is 2. The van der Waals surface area contributed by atoms with Gasteiger partial charge < -0.3 is 15.8 Å². The summed E-state index contributed by atoms with van der Waals surface area (Å²) in [7, 11) is 1.83. The number of likely N-dealkylation sites (tertiary alicyclic amines) is 1. The van der Waals surface area contributed by atoms with E-state index < -0.39 is 5.60 Å². The van der Waals surface area contributed by atoms with Gasteiger partial charge in [-0.25, -0.2) is 9.97 Å². The molecule has 0 spiro atoms. The van der Waals surface area contributed by atoms with E-state index in [1.165, 1.54) is 0 Å². The van der Waals surface area contributed by atoms with Crippen molar-refractivity contribution in [1.29, 1.82) is 0 Å². The number of nitrogens with zero attached hydrogens (tertiary/aromatic N) is 5. The summed E-state index contributed by atoms with van der Waals surface area (Å²) in [4.78, 5) is 36.9. The van der Waals surface area contributed by atoms with Crippen LogP contribution >= 0.6 is 0 Å². The van der Waals surface area contributed by atoms with Crippen LogP contribution in [0.15, 0.2) is 30.5 Å². The Kier molecular flexibility index (Phi) is 7.63. The van der Waals surface area contributed by atoms with Crippen LogP contribution in [0.2, 0.25) is 0 Å². The second-order valence-corrected chi connectivity index (χ2v) is 13.0. The van der Waals surface area contributed by atoms with E-state index in [4.69, 9.17) is 10.5 Å². The van der Waals surface area contributed by atoms with Crippen LogP contribution in [0, 0.1) is 5.92 Å². The number of nitrogen functional groups attached to an aromatic ring is 1. The third-order valence-corrected chi connectivity index (χ3v) is 7.85. The van der Waals surface area contributed by atoms with Crippen LogP contribution in [0.5, 0.6) is 0 Å². The van der Waals surface area contributed by atoms with E-state index >= 15 is 0 Å². The zero-order valence-corrected chi connectivity index (χ0v) is 25.0. The molecular formula is C31H41N7O3. The summed E-state index contributed by atoms with van der Waals surface area (Å²) in [5, 5.41) is 7.72. The predicted octanol–water partition coefficient (Wildman–Crippen LogP) is 4.49. The highest BCUT2D eigenvalue weighted by atomic mass is 16.6. The molecule has 0 radical (unpaired) electrons. The molecule has 0 saturated carbocycles. The van der Waals surface area contributed by atoms with Crippen molar-refractivity contribution in [2.24, 2.45) is 13.0 Å². The van der Waals surface area contributed by atoms with Crippen molar-refractivity contribution in [2.45, 2.75) is 77.9 Å². The van der Waals surface area contributed by atoms with Crippen molar-refractivity contribution < 1.29 is 14.3 Å². The largest absolute Gasteiger partial charge is 0.460 e. The topological polar surface area (TPSA) is 128 Å². The van der Waals surface area contributed by atoms with E-state index in [-0.39, 0.29) is 23.2 Å². The minimum Gasteiger partial charge on any atom is -0.460 e. The second-order valence-electron chi connectivity index (χ2n) is 13.0. The average Bonchev–Trinajstić information content (AvgIpc) is 3.24. The fourth-order valence-electron chi connectivity index (χ4n) is 6.08. The van der Waals surface area contributed by atoms with E-state index in [1.807, 2.05) is 46.0 Å². The Morgan fingerprint density at radius 1 is 1.20 bits per heavy atom. The molecule has 3 heterocycles. The number of esters is 1. The molecule has 0 bridgehead atoms. The number of fused-ring (bicyclic) bond motifs is 3. The first-order valence-electron chi connectivity index (χ1n) is 14.3. The number of aryl methyl sites for hydroxylation is 1. The number of piperidine rings is 1. The molecule has 2 aromatic heterocycles. The third-order valence-electron chi connectivity index (χ3n) is 7.85. The first kappa shape index (κ1) is 28.7. The van der Waals surface area contributed by atoms with E-state index in [1.54, 1.807) is 10.9 Å². The standard InChI is InChI=1S/C31H41N7O3/c1-30(2,3)41-23(39)15-19-10-12-38(13-11-19)18-20-8-7-9-22(14-20)34-28(40)26-24-27(37(6)36-26)25-21(16-31(24,4)5)17-33-29(32)35-25/h7-9,14,17,19H,10-13,15-16,18H2,1-6H3,(H,34,40)(H2,32,33,35). The van der Waals surface area contributed by atoms with E-state index in [0.717, 1.165) is 66.2 Å².